The molecule has 7 heteroatoms. The highest BCUT2D eigenvalue weighted by Crippen LogP contribution is 2.25. The summed E-state index contributed by atoms with van der Waals surface area (Å²) in [5, 5.41) is 5.44. The molecule has 0 N–H and O–H groups in total. The number of methoxy groups -OCH3 is 1. The minimum Gasteiger partial charge on any atom is -0.497 e. The second-order valence-corrected chi connectivity index (χ2v) is 9.37. The van der Waals surface area contributed by atoms with Gasteiger partial charge in [0.05, 0.1) is 18.5 Å². The van der Waals surface area contributed by atoms with Crippen LogP contribution in [0.2, 0.25) is 5.02 Å². The number of amides is 1. The van der Waals surface area contributed by atoms with Crippen molar-refractivity contribution in [2.24, 2.45) is 0 Å². The van der Waals surface area contributed by atoms with Gasteiger partial charge in [-0.05, 0) is 60.2 Å². The van der Waals surface area contributed by atoms with Crippen molar-refractivity contribution < 1.29 is 9.53 Å². The summed E-state index contributed by atoms with van der Waals surface area (Å²) in [7, 11) is 1.64. The fourth-order valence-corrected chi connectivity index (χ4v) is 4.54. The summed E-state index contributed by atoms with van der Waals surface area (Å²) in [5.41, 5.74) is 4.16. The Labute approximate surface area is 222 Å². The van der Waals surface area contributed by atoms with E-state index in [1.807, 2.05) is 77.7 Å². The molecule has 6 nitrogen and oxygen atoms in total. The molecule has 2 heterocycles. The van der Waals surface area contributed by atoms with Gasteiger partial charge >= 0.3 is 0 Å². The van der Waals surface area contributed by atoms with Crippen LogP contribution in [0.25, 0.3) is 23.0 Å². The first kappa shape index (κ1) is 24.8. The molecule has 3 aromatic carbocycles. The molecular formula is C30H29ClN4O2. The minimum absolute atomic E-state index is 0.0262. The van der Waals surface area contributed by atoms with Gasteiger partial charge in [-0.2, -0.15) is 5.10 Å². The number of halogens is 1. The molecule has 37 heavy (non-hydrogen) atoms. The molecule has 1 aromatic heterocycles. The number of carbonyl (C=O) groups excluding carboxylic acids is 1. The van der Waals surface area contributed by atoms with E-state index in [1.54, 1.807) is 11.8 Å². The van der Waals surface area contributed by atoms with E-state index in [2.05, 4.69) is 29.2 Å². The Balaban J connectivity index is 1.32. The largest absolute Gasteiger partial charge is 0.497 e. The summed E-state index contributed by atoms with van der Waals surface area (Å²) in [5.74, 6) is 0.746. The summed E-state index contributed by atoms with van der Waals surface area (Å²) >= 11 is 6.11. The maximum absolute atomic E-state index is 13.7. The number of carbonyl (C=O) groups is 1. The summed E-state index contributed by atoms with van der Waals surface area (Å²) in [4.78, 5) is 18.0. The Kier molecular flexibility index (Phi) is 7.68. The van der Waals surface area contributed by atoms with Gasteiger partial charge in [-0.1, -0.05) is 54.1 Å². The lowest BCUT2D eigenvalue weighted by molar-refractivity contribution is 0.0641. The van der Waals surface area contributed by atoms with Crippen molar-refractivity contribution in [3.8, 4) is 22.7 Å². The number of aromatic nitrogens is 2. The molecule has 0 spiro atoms. The van der Waals surface area contributed by atoms with Gasteiger partial charge in [-0.3, -0.25) is 9.69 Å². The van der Waals surface area contributed by atoms with Gasteiger partial charge in [0.15, 0.2) is 0 Å². The normalized spacial score (nSPS) is 14.3. The molecule has 0 saturated carbocycles. The Morgan fingerprint density at radius 3 is 2.32 bits per heavy atom. The number of piperazine rings is 1. The Bertz CT molecular complexity index is 1360. The molecule has 0 aliphatic carbocycles. The van der Waals surface area contributed by atoms with Crippen LogP contribution in [0, 0.1) is 0 Å². The SMILES string of the molecule is COc1ccc(-c2cc(C(=O)N3CCN(C/C=C/c4ccccc4)CC3)n(-c3ccc(Cl)cc3)n2)cc1. The number of ether oxygens (including phenoxy) is 1. The van der Waals surface area contributed by atoms with Crippen molar-refractivity contribution >= 4 is 23.6 Å². The molecular weight excluding hydrogens is 484 g/mol. The summed E-state index contributed by atoms with van der Waals surface area (Å²) < 4.78 is 7.00. The molecule has 188 valence electrons. The third-order valence-corrected chi connectivity index (χ3v) is 6.77. The van der Waals surface area contributed by atoms with E-state index >= 15 is 0 Å². The van der Waals surface area contributed by atoms with Gasteiger partial charge in [-0.25, -0.2) is 4.68 Å². The molecule has 1 aliphatic heterocycles. The molecule has 1 saturated heterocycles. The second kappa shape index (κ2) is 11.5. The Morgan fingerprint density at radius 1 is 0.946 bits per heavy atom. The first-order chi connectivity index (χ1) is 18.1. The molecule has 5 rings (SSSR count). The Morgan fingerprint density at radius 2 is 1.65 bits per heavy atom. The maximum atomic E-state index is 13.7. The molecule has 0 radical (unpaired) electrons. The number of hydrogen-bond donors (Lipinski definition) is 0. The van der Waals surface area contributed by atoms with E-state index in [0.29, 0.717) is 23.8 Å². The van der Waals surface area contributed by atoms with E-state index in [1.165, 1.54) is 5.56 Å². The highest BCUT2D eigenvalue weighted by Gasteiger charge is 2.26. The van der Waals surface area contributed by atoms with E-state index in [4.69, 9.17) is 21.4 Å². The summed E-state index contributed by atoms with van der Waals surface area (Å²) in [6.45, 7) is 3.85. The fraction of sp³-hybridized carbons (Fsp3) is 0.200. The lowest BCUT2D eigenvalue weighted by atomic mass is 10.1. The predicted octanol–water partition coefficient (Wildman–Crippen LogP) is 5.67. The van der Waals surface area contributed by atoms with Crippen LogP contribution in [-0.2, 0) is 0 Å². The highest BCUT2D eigenvalue weighted by atomic mass is 35.5. The van der Waals surface area contributed by atoms with Crippen molar-refractivity contribution in [3.05, 3.63) is 107 Å². The van der Waals surface area contributed by atoms with Crippen molar-refractivity contribution in [2.45, 2.75) is 0 Å². The van der Waals surface area contributed by atoms with Gasteiger partial charge in [0.1, 0.15) is 11.4 Å². The van der Waals surface area contributed by atoms with Crippen molar-refractivity contribution in [1.82, 2.24) is 19.6 Å². The molecule has 0 unspecified atom stereocenters. The zero-order valence-corrected chi connectivity index (χ0v) is 21.5. The van der Waals surface area contributed by atoms with Crippen LogP contribution in [0.1, 0.15) is 16.1 Å². The van der Waals surface area contributed by atoms with Crippen LogP contribution in [0.4, 0.5) is 0 Å². The molecule has 1 amide bonds. The van der Waals surface area contributed by atoms with E-state index in [9.17, 15) is 4.79 Å². The smallest absolute Gasteiger partial charge is 0.272 e. The number of rotatable bonds is 7. The maximum Gasteiger partial charge on any atom is 0.272 e. The van der Waals surface area contributed by atoms with Crippen molar-refractivity contribution in [2.75, 3.05) is 39.8 Å². The number of benzene rings is 3. The van der Waals surface area contributed by atoms with Crippen molar-refractivity contribution in [1.29, 1.82) is 0 Å². The van der Waals surface area contributed by atoms with E-state index in [-0.39, 0.29) is 5.91 Å². The average Bonchev–Trinajstić information content (AvgIpc) is 3.39. The van der Waals surface area contributed by atoms with E-state index < -0.39 is 0 Å². The zero-order chi connectivity index (χ0) is 25.6. The number of hydrogen-bond acceptors (Lipinski definition) is 4. The molecule has 0 bridgehead atoms. The monoisotopic (exact) mass is 512 g/mol. The van der Waals surface area contributed by atoms with Crippen LogP contribution in [0.3, 0.4) is 0 Å². The molecule has 1 aliphatic rings. The standard InChI is InChI=1S/C30H29ClN4O2/c1-37-27-15-9-24(10-16-27)28-22-29(35(32-28)26-13-11-25(31)12-14-26)30(36)34-20-18-33(19-21-34)17-5-8-23-6-3-2-4-7-23/h2-16,22H,17-21H2,1H3/b8-5+. The quantitative estimate of drug-likeness (QED) is 0.320. The average molecular weight is 513 g/mol. The van der Waals surface area contributed by atoms with E-state index in [0.717, 1.165) is 42.3 Å². The third kappa shape index (κ3) is 5.93. The highest BCUT2D eigenvalue weighted by molar-refractivity contribution is 6.30. The van der Waals surface area contributed by atoms with Crippen LogP contribution >= 0.6 is 11.6 Å². The minimum atomic E-state index is -0.0262. The van der Waals surface area contributed by atoms with Crippen LogP contribution in [-0.4, -0.2) is 65.3 Å². The lowest BCUT2D eigenvalue weighted by Gasteiger charge is -2.34. The van der Waals surface area contributed by atoms with Crippen LogP contribution < -0.4 is 4.74 Å². The first-order valence-electron chi connectivity index (χ1n) is 12.3. The van der Waals surface area contributed by atoms with Crippen molar-refractivity contribution in [3.63, 3.8) is 0 Å². The molecule has 4 aromatic rings. The van der Waals surface area contributed by atoms with Crippen LogP contribution in [0.5, 0.6) is 5.75 Å². The van der Waals surface area contributed by atoms with Gasteiger partial charge in [0, 0.05) is 43.3 Å². The second-order valence-electron chi connectivity index (χ2n) is 8.94. The summed E-state index contributed by atoms with van der Waals surface area (Å²) in [6, 6.07) is 27.2. The zero-order valence-electron chi connectivity index (χ0n) is 20.8. The van der Waals surface area contributed by atoms with Gasteiger partial charge in [0.2, 0.25) is 0 Å². The molecule has 1 fully saturated rings. The molecule has 0 atom stereocenters. The topological polar surface area (TPSA) is 50.6 Å². The predicted molar refractivity (Wildman–Crippen MR) is 148 cm³/mol. The Hall–Kier alpha value is -3.87. The summed E-state index contributed by atoms with van der Waals surface area (Å²) in [6.07, 6.45) is 4.33. The van der Waals surface area contributed by atoms with Gasteiger partial charge < -0.3 is 9.64 Å². The number of nitrogens with zero attached hydrogens (tertiary/aromatic N) is 4. The third-order valence-electron chi connectivity index (χ3n) is 6.52. The van der Waals surface area contributed by atoms with Gasteiger partial charge in [-0.15, -0.1) is 0 Å². The lowest BCUT2D eigenvalue weighted by Crippen LogP contribution is -2.49. The fourth-order valence-electron chi connectivity index (χ4n) is 4.41. The first-order valence-corrected chi connectivity index (χ1v) is 12.7. The van der Waals surface area contributed by atoms with Gasteiger partial charge in [0.25, 0.3) is 5.91 Å². The van der Waals surface area contributed by atoms with Crippen LogP contribution in [0.15, 0.2) is 91.0 Å².